The molecule has 1 aliphatic heterocycles. The predicted octanol–water partition coefficient (Wildman–Crippen LogP) is 3.69. The number of anilines is 1. The summed E-state index contributed by atoms with van der Waals surface area (Å²) in [5, 5.41) is 5.30. The van der Waals surface area contributed by atoms with E-state index in [1.54, 1.807) is 6.92 Å². The van der Waals surface area contributed by atoms with Crippen LogP contribution in [0.4, 0.5) is 18.9 Å². The van der Waals surface area contributed by atoms with Crippen molar-refractivity contribution in [3.63, 3.8) is 0 Å². The molecule has 116 valence electrons. The molecule has 1 aromatic carbocycles. The Kier molecular flexibility index (Phi) is 4.49. The summed E-state index contributed by atoms with van der Waals surface area (Å²) in [6.45, 7) is 3.16. The monoisotopic (exact) mass is 320 g/mol. The van der Waals surface area contributed by atoms with E-state index in [2.05, 4.69) is 10.6 Å². The molecule has 0 saturated carbocycles. The topological polar surface area (TPSA) is 41.1 Å². The Labute approximate surface area is 125 Å². The molecule has 7 heteroatoms. The molecule has 0 bridgehead atoms. The standard InChI is InChI=1S/C14H16ClF3N2O/c1-13(5-2-6-19-8-13)12(21)20-9-3-4-11(15)10(7-9)14(16,17)18/h3-4,7,19H,2,5-6,8H2,1H3,(H,20,21). The van der Waals surface area contributed by atoms with Gasteiger partial charge >= 0.3 is 6.18 Å². The molecule has 2 N–H and O–H groups in total. The number of rotatable bonds is 2. The zero-order valence-corrected chi connectivity index (χ0v) is 12.2. The molecule has 0 radical (unpaired) electrons. The summed E-state index contributed by atoms with van der Waals surface area (Å²) in [5.41, 5.74) is -1.46. The van der Waals surface area contributed by atoms with E-state index in [0.717, 1.165) is 25.1 Å². The quantitative estimate of drug-likeness (QED) is 0.872. The van der Waals surface area contributed by atoms with E-state index in [9.17, 15) is 18.0 Å². The number of carbonyl (C=O) groups excluding carboxylic acids is 1. The second-order valence-corrected chi connectivity index (χ2v) is 5.89. The summed E-state index contributed by atoms with van der Waals surface area (Å²) in [4.78, 5) is 12.3. The number of nitrogens with one attached hydrogen (secondary N) is 2. The minimum Gasteiger partial charge on any atom is -0.326 e. The molecule has 2 rings (SSSR count). The lowest BCUT2D eigenvalue weighted by atomic mass is 9.82. The zero-order chi connectivity index (χ0) is 15.7. The van der Waals surface area contributed by atoms with Gasteiger partial charge in [0.05, 0.1) is 16.0 Å². The third-order valence-corrected chi connectivity index (χ3v) is 4.00. The first-order valence-electron chi connectivity index (χ1n) is 6.61. The molecule has 1 unspecified atom stereocenters. The van der Waals surface area contributed by atoms with E-state index >= 15 is 0 Å². The van der Waals surface area contributed by atoms with Crippen LogP contribution in [0.2, 0.25) is 5.02 Å². The van der Waals surface area contributed by atoms with Crippen molar-refractivity contribution in [2.24, 2.45) is 5.41 Å². The van der Waals surface area contributed by atoms with Gasteiger partial charge in [0.25, 0.3) is 0 Å². The summed E-state index contributed by atoms with van der Waals surface area (Å²) >= 11 is 5.55. The van der Waals surface area contributed by atoms with Gasteiger partial charge in [0.2, 0.25) is 5.91 Å². The summed E-state index contributed by atoms with van der Waals surface area (Å²) in [6.07, 6.45) is -2.99. The average molecular weight is 321 g/mol. The van der Waals surface area contributed by atoms with Gasteiger partial charge < -0.3 is 10.6 Å². The Balaban J connectivity index is 2.18. The Morgan fingerprint density at radius 3 is 2.71 bits per heavy atom. The van der Waals surface area contributed by atoms with E-state index in [0.29, 0.717) is 13.0 Å². The Morgan fingerprint density at radius 2 is 2.14 bits per heavy atom. The molecule has 1 heterocycles. The number of halogens is 4. The molecule has 1 aliphatic rings. The lowest BCUT2D eigenvalue weighted by molar-refractivity contribution is -0.137. The fraction of sp³-hybridized carbons (Fsp3) is 0.500. The molecular weight excluding hydrogens is 305 g/mol. The highest BCUT2D eigenvalue weighted by Gasteiger charge is 2.36. The minimum absolute atomic E-state index is 0.100. The van der Waals surface area contributed by atoms with Gasteiger partial charge in [-0.3, -0.25) is 4.79 Å². The normalized spacial score (nSPS) is 22.9. The van der Waals surface area contributed by atoms with Gasteiger partial charge in [-0.1, -0.05) is 11.6 Å². The van der Waals surface area contributed by atoms with Gasteiger partial charge in [0.15, 0.2) is 0 Å². The summed E-state index contributed by atoms with van der Waals surface area (Å²) < 4.78 is 38.4. The molecule has 21 heavy (non-hydrogen) atoms. The first-order valence-corrected chi connectivity index (χ1v) is 6.99. The number of amides is 1. The molecule has 1 fully saturated rings. The van der Waals surface area contributed by atoms with Gasteiger partial charge in [-0.05, 0) is 44.5 Å². The second kappa shape index (κ2) is 5.85. The molecule has 0 aliphatic carbocycles. The van der Waals surface area contributed by atoms with Crippen molar-refractivity contribution in [2.45, 2.75) is 25.9 Å². The van der Waals surface area contributed by atoms with E-state index < -0.39 is 17.2 Å². The first kappa shape index (κ1) is 16.1. The van der Waals surface area contributed by atoms with Crippen molar-refractivity contribution in [2.75, 3.05) is 18.4 Å². The van der Waals surface area contributed by atoms with Crippen LogP contribution in [0.5, 0.6) is 0 Å². The molecule has 3 nitrogen and oxygen atoms in total. The predicted molar refractivity (Wildman–Crippen MR) is 75.3 cm³/mol. The first-order chi connectivity index (χ1) is 9.72. The SMILES string of the molecule is CC1(C(=O)Nc2ccc(Cl)c(C(F)(F)F)c2)CCCNC1. The van der Waals surface area contributed by atoms with Crippen LogP contribution in [0.3, 0.4) is 0 Å². The molecule has 1 saturated heterocycles. The summed E-state index contributed by atoms with van der Waals surface area (Å²) in [5.74, 6) is -0.287. The molecule has 1 aromatic rings. The number of hydrogen-bond acceptors (Lipinski definition) is 2. The molecule has 1 atom stereocenters. The lowest BCUT2D eigenvalue weighted by Gasteiger charge is -2.32. The fourth-order valence-corrected chi connectivity index (χ4v) is 2.58. The Bertz CT molecular complexity index is 540. The number of benzene rings is 1. The maximum atomic E-state index is 12.8. The van der Waals surface area contributed by atoms with E-state index in [1.165, 1.54) is 6.07 Å². The van der Waals surface area contributed by atoms with Crippen molar-refractivity contribution in [1.29, 1.82) is 0 Å². The van der Waals surface area contributed by atoms with Crippen LogP contribution >= 0.6 is 11.6 Å². The molecule has 0 aromatic heterocycles. The van der Waals surface area contributed by atoms with Crippen LogP contribution in [0.1, 0.15) is 25.3 Å². The highest BCUT2D eigenvalue weighted by molar-refractivity contribution is 6.31. The third kappa shape index (κ3) is 3.68. The second-order valence-electron chi connectivity index (χ2n) is 5.49. The largest absolute Gasteiger partial charge is 0.417 e. The highest BCUT2D eigenvalue weighted by atomic mass is 35.5. The van der Waals surface area contributed by atoms with Crippen LogP contribution < -0.4 is 10.6 Å². The van der Waals surface area contributed by atoms with Gasteiger partial charge in [0, 0.05) is 12.2 Å². The highest BCUT2D eigenvalue weighted by Crippen LogP contribution is 2.36. The van der Waals surface area contributed by atoms with Crippen LogP contribution in [0.25, 0.3) is 0 Å². The number of hydrogen-bond donors (Lipinski definition) is 2. The smallest absolute Gasteiger partial charge is 0.326 e. The summed E-state index contributed by atoms with van der Waals surface area (Å²) in [7, 11) is 0. The maximum absolute atomic E-state index is 12.8. The van der Waals surface area contributed by atoms with Gasteiger partial charge in [-0.25, -0.2) is 0 Å². The van der Waals surface area contributed by atoms with Crippen LogP contribution in [-0.2, 0) is 11.0 Å². The lowest BCUT2D eigenvalue weighted by Crippen LogP contribution is -2.46. The average Bonchev–Trinajstić information content (AvgIpc) is 2.40. The summed E-state index contributed by atoms with van der Waals surface area (Å²) in [6, 6.07) is 3.37. The van der Waals surface area contributed by atoms with Crippen LogP contribution in [-0.4, -0.2) is 19.0 Å². The van der Waals surface area contributed by atoms with Gasteiger partial charge in [-0.2, -0.15) is 13.2 Å². The third-order valence-electron chi connectivity index (χ3n) is 3.68. The minimum atomic E-state index is -4.55. The van der Waals surface area contributed by atoms with Crippen molar-refractivity contribution in [3.8, 4) is 0 Å². The molecular formula is C14H16ClF3N2O. The van der Waals surface area contributed by atoms with E-state index in [-0.39, 0.29) is 16.6 Å². The Morgan fingerprint density at radius 1 is 1.43 bits per heavy atom. The number of piperidine rings is 1. The van der Waals surface area contributed by atoms with Gasteiger partial charge in [-0.15, -0.1) is 0 Å². The van der Waals surface area contributed by atoms with E-state index in [1.807, 2.05) is 0 Å². The van der Waals surface area contributed by atoms with Gasteiger partial charge in [0.1, 0.15) is 0 Å². The van der Waals surface area contributed by atoms with E-state index in [4.69, 9.17) is 11.6 Å². The van der Waals surface area contributed by atoms with Crippen molar-refractivity contribution in [1.82, 2.24) is 5.32 Å². The van der Waals surface area contributed by atoms with Crippen LogP contribution in [0, 0.1) is 5.41 Å². The Hall–Kier alpha value is -1.27. The van der Waals surface area contributed by atoms with Crippen molar-refractivity contribution < 1.29 is 18.0 Å². The zero-order valence-electron chi connectivity index (χ0n) is 11.5. The maximum Gasteiger partial charge on any atom is 0.417 e. The molecule has 0 spiro atoms. The number of carbonyl (C=O) groups is 1. The van der Waals surface area contributed by atoms with Crippen LogP contribution in [0.15, 0.2) is 18.2 Å². The molecule has 1 amide bonds. The van der Waals surface area contributed by atoms with Crippen molar-refractivity contribution in [3.05, 3.63) is 28.8 Å². The fourth-order valence-electron chi connectivity index (χ4n) is 2.35. The number of alkyl halides is 3. The van der Waals surface area contributed by atoms with Crippen molar-refractivity contribution >= 4 is 23.2 Å².